The predicted octanol–water partition coefficient (Wildman–Crippen LogP) is 6.71. The van der Waals surface area contributed by atoms with Gasteiger partial charge in [-0.3, -0.25) is 4.57 Å². The Morgan fingerprint density at radius 3 is 2.11 bits per heavy atom. The second kappa shape index (κ2) is 9.88. The van der Waals surface area contributed by atoms with Crippen LogP contribution in [0.3, 0.4) is 0 Å². The number of fused-ring (bicyclic) bond motifs is 3. The van der Waals surface area contributed by atoms with E-state index in [0.717, 1.165) is 40.4 Å². The maximum Gasteiger partial charge on any atom is 0.191 e. The normalized spacial score (nSPS) is 15.7. The van der Waals surface area contributed by atoms with E-state index in [1.54, 1.807) is 11.8 Å². The van der Waals surface area contributed by atoms with E-state index < -0.39 is 6.10 Å². The quantitative estimate of drug-likeness (QED) is 0.262. The molecule has 6 heteroatoms. The summed E-state index contributed by atoms with van der Waals surface area (Å²) in [6, 6.07) is 27.7. The molecule has 6 rings (SSSR count). The number of aliphatic hydroxyl groups excluding tert-OH is 1. The number of aliphatic hydroxyl groups is 1. The maximum absolute atomic E-state index is 11.1. The fraction of sp³-hybridized carbons (Fsp3) is 0.310. The van der Waals surface area contributed by atoms with Gasteiger partial charge in [-0.1, -0.05) is 97.8 Å². The zero-order chi connectivity index (χ0) is 23.6. The molecule has 1 atom stereocenters. The first-order valence-electron chi connectivity index (χ1n) is 12.6. The zero-order valence-electron chi connectivity index (χ0n) is 19.8. The van der Waals surface area contributed by atoms with Crippen LogP contribution >= 0.6 is 11.8 Å². The lowest BCUT2D eigenvalue weighted by molar-refractivity contribution is 0.181. The van der Waals surface area contributed by atoms with Crippen LogP contribution in [0.4, 0.5) is 0 Å². The number of nitrogens with zero attached hydrogens (tertiary/aromatic N) is 4. The van der Waals surface area contributed by atoms with E-state index >= 15 is 0 Å². The monoisotopic (exact) mass is 482 g/mol. The van der Waals surface area contributed by atoms with E-state index in [4.69, 9.17) is 0 Å². The molecule has 0 amide bonds. The number of rotatable bonds is 7. The van der Waals surface area contributed by atoms with Gasteiger partial charge in [0.05, 0.1) is 12.6 Å². The van der Waals surface area contributed by atoms with Crippen molar-refractivity contribution in [2.45, 2.75) is 56.0 Å². The van der Waals surface area contributed by atoms with Gasteiger partial charge in [0.15, 0.2) is 11.0 Å². The van der Waals surface area contributed by atoms with Gasteiger partial charge in [0.1, 0.15) is 0 Å². The van der Waals surface area contributed by atoms with Crippen molar-refractivity contribution in [1.29, 1.82) is 0 Å². The Bertz CT molecular complexity index is 1380. The van der Waals surface area contributed by atoms with Crippen LogP contribution in [0, 0.1) is 0 Å². The highest BCUT2D eigenvalue weighted by molar-refractivity contribution is 7.99. The Hall–Kier alpha value is -3.09. The summed E-state index contributed by atoms with van der Waals surface area (Å²) in [5.74, 6) is 1.51. The highest BCUT2D eigenvalue weighted by atomic mass is 32.2. The lowest BCUT2D eigenvalue weighted by atomic mass is 9.95. The molecule has 3 aromatic carbocycles. The van der Waals surface area contributed by atoms with E-state index in [0.29, 0.717) is 18.3 Å². The molecule has 0 saturated heterocycles. The Morgan fingerprint density at radius 2 is 1.43 bits per heavy atom. The number of hydrogen-bond donors (Lipinski definition) is 1. The molecule has 0 spiro atoms. The summed E-state index contributed by atoms with van der Waals surface area (Å²) in [5.41, 5.74) is 3.42. The average Bonchev–Trinajstić information content (AvgIpc) is 3.48. The van der Waals surface area contributed by atoms with Gasteiger partial charge >= 0.3 is 0 Å². The maximum atomic E-state index is 11.1. The first kappa shape index (κ1) is 22.4. The minimum Gasteiger partial charge on any atom is -0.390 e. The van der Waals surface area contributed by atoms with Gasteiger partial charge in [0.2, 0.25) is 0 Å². The van der Waals surface area contributed by atoms with E-state index in [2.05, 4.69) is 92.1 Å². The highest BCUT2D eigenvalue weighted by Crippen LogP contribution is 2.36. The SMILES string of the molecule is O[C@H](CSc1nnc(-c2ccccc2)n1C1CCCCC1)Cn1c2ccccc2c2ccccc21. The number of benzene rings is 3. The molecule has 5 nitrogen and oxygen atoms in total. The third-order valence-corrected chi connectivity index (χ3v) is 8.20. The van der Waals surface area contributed by atoms with Crippen molar-refractivity contribution in [1.82, 2.24) is 19.3 Å². The van der Waals surface area contributed by atoms with Crippen LogP contribution < -0.4 is 0 Å². The summed E-state index contributed by atoms with van der Waals surface area (Å²) in [6.07, 6.45) is 5.62. The second-order valence-corrected chi connectivity index (χ2v) is 10.4. The third-order valence-electron chi connectivity index (χ3n) is 7.11. The highest BCUT2D eigenvalue weighted by Gasteiger charge is 2.24. The summed E-state index contributed by atoms with van der Waals surface area (Å²) in [6.45, 7) is 0.546. The van der Waals surface area contributed by atoms with E-state index in [9.17, 15) is 5.11 Å². The van der Waals surface area contributed by atoms with Crippen molar-refractivity contribution in [2.24, 2.45) is 0 Å². The van der Waals surface area contributed by atoms with Crippen molar-refractivity contribution in [3.8, 4) is 11.4 Å². The molecule has 0 radical (unpaired) electrons. The minimum absolute atomic E-state index is 0.422. The smallest absolute Gasteiger partial charge is 0.191 e. The van der Waals surface area contributed by atoms with Crippen LogP contribution in [0.1, 0.15) is 38.1 Å². The number of aromatic nitrogens is 4. The number of thioether (sulfide) groups is 1. The van der Waals surface area contributed by atoms with Crippen LogP contribution in [0.25, 0.3) is 33.2 Å². The van der Waals surface area contributed by atoms with Gasteiger partial charge in [0, 0.05) is 39.2 Å². The Morgan fingerprint density at radius 1 is 0.800 bits per heavy atom. The fourth-order valence-electron chi connectivity index (χ4n) is 5.46. The molecule has 0 bridgehead atoms. The molecule has 5 aromatic rings. The Kier molecular flexibility index (Phi) is 6.32. The summed E-state index contributed by atoms with van der Waals surface area (Å²) >= 11 is 1.62. The molecular formula is C29H30N4OS. The molecule has 2 heterocycles. The van der Waals surface area contributed by atoms with E-state index in [1.807, 2.05) is 6.07 Å². The van der Waals surface area contributed by atoms with Crippen LogP contribution in [0.5, 0.6) is 0 Å². The third kappa shape index (κ3) is 4.37. The molecule has 1 saturated carbocycles. The second-order valence-electron chi connectivity index (χ2n) is 9.44. The fourth-order valence-corrected chi connectivity index (χ4v) is 6.38. The number of hydrogen-bond acceptors (Lipinski definition) is 4. The molecule has 2 aromatic heterocycles. The molecule has 1 aliphatic carbocycles. The first-order chi connectivity index (χ1) is 17.3. The van der Waals surface area contributed by atoms with E-state index in [1.165, 1.54) is 30.0 Å². The Labute approximate surface area is 209 Å². The molecule has 178 valence electrons. The molecule has 1 aliphatic rings. The van der Waals surface area contributed by atoms with Gasteiger partial charge < -0.3 is 9.67 Å². The van der Waals surface area contributed by atoms with Crippen molar-refractivity contribution in [3.63, 3.8) is 0 Å². The first-order valence-corrected chi connectivity index (χ1v) is 13.6. The van der Waals surface area contributed by atoms with Crippen LogP contribution in [0.15, 0.2) is 84.0 Å². The summed E-state index contributed by atoms with van der Waals surface area (Å²) in [4.78, 5) is 0. The van der Waals surface area contributed by atoms with Crippen molar-refractivity contribution in [3.05, 3.63) is 78.9 Å². The molecule has 35 heavy (non-hydrogen) atoms. The summed E-state index contributed by atoms with van der Waals surface area (Å²) < 4.78 is 4.59. The summed E-state index contributed by atoms with van der Waals surface area (Å²) in [7, 11) is 0. The zero-order valence-corrected chi connectivity index (χ0v) is 20.6. The van der Waals surface area contributed by atoms with Gasteiger partial charge in [-0.25, -0.2) is 0 Å². The standard InChI is InChI=1S/C29H30N4OS/c34-23(19-32-26-17-9-7-15-24(26)25-16-8-10-18-27(25)32)20-35-29-31-30-28(21-11-3-1-4-12-21)33(29)22-13-5-2-6-14-22/h1,3-4,7-12,15-18,22-23,34H,2,5-6,13-14,19-20H2/t23-/m0/s1. The molecule has 0 aliphatic heterocycles. The average molecular weight is 483 g/mol. The summed E-state index contributed by atoms with van der Waals surface area (Å²) in [5, 5.41) is 23.7. The molecule has 0 unspecified atom stereocenters. The lowest BCUT2D eigenvalue weighted by Crippen LogP contribution is -2.19. The van der Waals surface area contributed by atoms with Crippen LogP contribution in [-0.2, 0) is 6.54 Å². The topological polar surface area (TPSA) is 55.9 Å². The molecular weight excluding hydrogens is 452 g/mol. The van der Waals surface area contributed by atoms with Gasteiger partial charge in [-0.2, -0.15) is 0 Å². The van der Waals surface area contributed by atoms with Gasteiger partial charge in [-0.15, -0.1) is 10.2 Å². The van der Waals surface area contributed by atoms with Gasteiger partial charge in [0.25, 0.3) is 0 Å². The predicted molar refractivity (Wildman–Crippen MR) is 144 cm³/mol. The van der Waals surface area contributed by atoms with Crippen LogP contribution in [-0.4, -0.2) is 36.3 Å². The molecule has 1 N–H and O–H groups in total. The minimum atomic E-state index is -0.504. The van der Waals surface area contributed by atoms with Crippen molar-refractivity contribution in [2.75, 3.05) is 5.75 Å². The largest absolute Gasteiger partial charge is 0.390 e. The van der Waals surface area contributed by atoms with Gasteiger partial charge in [-0.05, 0) is 25.0 Å². The van der Waals surface area contributed by atoms with E-state index in [-0.39, 0.29) is 0 Å². The lowest BCUT2D eigenvalue weighted by Gasteiger charge is -2.26. The van der Waals surface area contributed by atoms with Crippen molar-refractivity contribution >= 4 is 33.6 Å². The molecule has 1 fully saturated rings. The number of para-hydroxylation sites is 2. The van der Waals surface area contributed by atoms with Crippen molar-refractivity contribution < 1.29 is 5.11 Å². The Balaban J connectivity index is 1.26. The van der Waals surface area contributed by atoms with Crippen LogP contribution in [0.2, 0.25) is 0 Å².